The summed E-state index contributed by atoms with van der Waals surface area (Å²) in [6, 6.07) is -0.880. The average Bonchev–Trinajstić information content (AvgIpc) is 3.42. The summed E-state index contributed by atoms with van der Waals surface area (Å²) in [5.41, 5.74) is 0. The van der Waals surface area contributed by atoms with Gasteiger partial charge in [-0.25, -0.2) is 0 Å². The minimum atomic E-state index is -4.69. The minimum Gasteiger partial charge on any atom is -0.756 e. The lowest BCUT2D eigenvalue weighted by atomic mass is 10.0. The van der Waals surface area contributed by atoms with Crippen molar-refractivity contribution in [2.24, 2.45) is 0 Å². The lowest BCUT2D eigenvalue weighted by molar-refractivity contribution is -0.870. The van der Waals surface area contributed by atoms with Crippen molar-refractivity contribution < 1.29 is 37.3 Å². The van der Waals surface area contributed by atoms with Crippen molar-refractivity contribution in [3.63, 3.8) is 0 Å². The maximum atomic E-state index is 13.6. The Morgan fingerprint density at radius 2 is 0.713 bits per heavy atom. The van der Waals surface area contributed by atoms with Gasteiger partial charge in [0.05, 0.1) is 33.8 Å². The Hall–Kier alpha value is -1.25. The standard InChI is InChI=1S/C70H139N2O7P/c1-7-10-13-16-19-22-25-28-30-31-32-33-34-35-36-37-38-39-40-41-42-44-47-50-53-56-59-62-69(73)71-67(66-78-80(75,76)77-65-64-72(4,5)6)68(61-58-55-52-49-46-43-27-24-21-18-15-12-9-3)79-70(74)63-60-57-54-51-48-45-29-26-23-20-17-14-11-8-2/h58,61,67-68H,7-57,59-60,62-66H2,1-6H3,(H-,71,73,75,76)/b61-58-. The second kappa shape index (κ2) is 60.9. The van der Waals surface area contributed by atoms with Crippen molar-refractivity contribution >= 4 is 19.7 Å². The van der Waals surface area contributed by atoms with Crippen molar-refractivity contribution in [2.45, 2.75) is 386 Å². The van der Waals surface area contributed by atoms with Gasteiger partial charge >= 0.3 is 5.97 Å². The Labute approximate surface area is 499 Å². The molecule has 0 aromatic rings. The number of carbonyl (C=O) groups is 2. The number of nitrogens with zero attached hydrogens (tertiary/aromatic N) is 1. The molecule has 0 saturated carbocycles. The Kier molecular flexibility index (Phi) is 59.9. The third kappa shape index (κ3) is 61.3. The molecular formula is C70H139N2O7P. The van der Waals surface area contributed by atoms with Crippen LogP contribution in [-0.2, 0) is 27.9 Å². The van der Waals surface area contributed by atoms with E-state index in [0.717, 1.165) is 57.8 Å². The van der Waals surface area contributed by atoms with Crippen molar-refractivity contribution in [1.82, 2.24) is 5.32 Å². The number of likely N-dealkylation sites (N-methyl/N-ethyl adjacent to an activating group) is 1. The molecule has 0 aromatic carbocycles. The zero-order valence-electron chi connectivity index (χ0n) is 54.6. The summed E-state index contributed by atoms with van der Waals surface area (Å²) < 4.78 is 30.4. The maximum absolute atomic E-state index is 13.6. The van der Waals surface area contributed by atoms with Gasteiger partial charge in [-0.3, -0.25) is 14.2 Å². The molecule has 0 aromatic heterocycles. The van der Waals surface area contributed by atoms with Crippen molar-refractivity contribution in [1.29, 1.82) is 0 Å². The van der Waals surface area contributed by atoms with Crippen LogP contribution in [0.4, 0.5) is 0 Å². The number of amides is 1. The first kappa shape index (κ1) is 78.8. The van der Waals surface area contributed by atoms with Gasteiger partial charge in [0.25, 0.3) is 7.82 Å². The molecule has 9 nitrogen and oxygen atoms in total. The summed E-state index contributed by atoms with van der Waals surface area (Å²) >= 11 is 0. The molecule has 0 aliphatic heterocycles. The molecule has 0 bridgehead atoms. The van der Waals surface area contributed by atoms with E-state index in [1.165, 1.54) is 283 Å². The number of hydrogen-bond acceptors (Lipinski definition) is 7. The fourth-order valence-corrected chi connectivity index (χ4v) is 11.7. The smallest absolute Gasteiger partial charge is 0.306 e. The van der Waals surface area contributed by atoms with Gasteiger partial charge in [0, 0.05) is 12.8 Å². The largest absolute Gasteiger partial charge is 0.756 e. The van der Waals surface area contributed by atoms with E-state index in [1.54, 1.807) is 0 Å². The highest BCUT2D eigenvalue weighted by Gasteiger charge is 2.27. The van der Waals surface area contributed by atoms with Gasteiger partial charge in [-0.2, -0.15) is 0 Å². The molecule has 10 heteroatoms. The van der Waals surface area contributed by atoms with Crippen molar-refractivity contribution in [2.75, 3.05) is 40.9 Å². The Morgan fingerprint density at radius 3 is 1.02 bits per heavy atom. The number of phosphoric ester groups is 1. The van der Waals surface area contributed by atoms with Crippen LogP contribution in [0, 0.1) is 0 Å². The van der Waals surface area contributed by atoms with E-state index in [1.807, 2.05) is 33.3 Å². The molecule has 0 aliphatic rings. The monoisotopic (exact) mass is 1150 g/mol. The number of ether oxygens (including phenoxy) is 1. The fourth-order valence-electron chi connectivity index (χ4n) is 11.0. The molecule has 0 aliphatic carbocycles. The summed E-state index contributed by atoms with van der Waals surface area (Å²) in [6.07, 6.45) is 72.0. The lowest BCUT2D eigenvalue weighted by Crippen LogP contribution is -2.47. The summed E-state index contributed by atoms with van der Waals surface area (Å²) in [4.78, 5) is 40.1. The highest BCUT2D eigenvalue weighted by molar-refractivity contribution is 7.45. The average molecular weight is 1150 g/mol. The number of rotatable bonds is 66. The molecule has 80 heavy (non-hydrogen) atoms. The van der Waals surface area contributed by atoms with E-state index in [2.05, 4.69) is 26.1 Å². The van der Waals surface area contributed by atoms with Crippen LogP contribution in [0.5, 0.6) is 0 Å². The van der Waals surface area contributed by atoms with E-state index in [-0.39, 0.29) is 31.5 Å². The Balaban J connectivity index is 4.95. The van der Waals surface area contributed by atoms with Gasteiger partial charge in [-0.05, 0) is 31.8 Å². The van der Waals surface area contributed by atoms with Gasteiger partial charge in [0.1, 0.15) is 19.3 Å². The number of esters is 1. The quantitative estimate of drug-likeness (QED) is 0.0212. The molecule has 0 saturated heterocycles. The van der Waals surface area contributed by atoms with Crippen molar-refractivity contribution in [3.05, 3.63) is 12.2 Å². The summed E-state index contributed by atoms with van der Waals surface area (Å²) in [7, 11) is 1.21. The summed E-state index contributed by atoms with van der Waals surface area (Å²) in [5, 5.41) is 3.05. The van der Waals surface area contributed by atoms with Crippen LogP contribution in [0.2, 0.25) is 0 Å². The molecule has 0 spiro atoms. The van der Waals surface area contributed by atoms with Crippen LogP contribution in [0.3, 0.4) is 0 Å². The van der Waals surface area contributed by atoms with Crippen LogP contribution in [0.25, 0.3) is 0 Å². The number of unbranched alkanes of at least 4 members (excludes halogenated alkanes) is 50. The van der Waals surface area contributed by atoms with Gasteiger partial charge in [-0.1, -0.05) is 341 Å². The number of quaternary nitrogens is 1. The topological polar surface area (TPSA) is 114 Å². The first-order valence-electron chi connectivity index (χ1n) is 35.5. The normalized spacial score (nSPS) is 13.5. The number of hydrogen-bond donors (Lipinski definition) is 1. The number of nitrogens with one attached hydrogen (secondary N) is 1. The van der Waals surface area contributed by atoms with Crippen LogP contribution in [-0.4, -0.2) is 69.4 Å². The fraction of sp³-hybridized carbons (Fsp3) is 0.943. The zero-order valence-corrected chi connectivity index (χ0v) is 55.5. The van der Waals surface area contributed by atoms with Gasteiger partial charge in [0.15, 0.2) is 0 Å². The van der Waals surface area contributed by atoms with E-state index in [4.69, 9.17) is 13.8 Å². The van der Waals surface area contributed by atoms with E-state index in [9.17, 15) is 19.0 Å². The molecule has 1 N–H and O–H groups in total. The maximum Gasteiger partial charge on any atom is 0.306 e. The molecule has 1 amide bonds. The molecule has 0 fully saturated rings. The van der Waals surface area contributed by atoms with Crippen LogP contribution < -0.4 is 10.2 Å². The molecule has 3 atom stereocenters. The molecule has 0 rings (SSSR count). The molecule has 3 unspecified atom stereocenters. The van der Waals surface area contributed by atoms with Crippen LogP contribution in [0.1, 0.15) is 374 Å². The van der Waals surface area contributed by atoms with Crippen LogP contribution >= 0.6 is 7.82 Å². The second-order valence-corrected chi connectivity index (χ2v) is 27.2. The summed E-state index contributed by atoms with van der Waals surface area (Å²) in [6.45, 7) is 6.92. The highest BCUT2D eigenvalue weighted by Crippen LogP contribution is 2.38. The SMILES string of the molecule is CCCCCCCCCCCCC/C=C\C(OC(=O)CCCCCCCCCCCCCCCC)C(COP(=O)([O-])OCC[N+](C)(C)C)NC(=O)CCCCCCCCCCCCCCCCCCCCCCCCCCCCC. The highest BCUT2D eigenvalue weighted by atomic mass is 31.2. The Bertz CT molecular complexity index is 1370. The second-order valence-electron chi connectivity index (χ2n) is 25.8. The third-order valence-corrected chi connectivity index (χ3v) is 17.4. The molecular weight excluding hydrogens is 1010 g/mol. The number of phosphoric acid groups is 1. The van der Waals surface area contributed by atoms with Crippen LogP contribution in [0.15, 0.2) is 12.2 Å². The van der Waals surface area contributed by atoms with Gasteiger partial charge in [-0.15, -0.1) is 0 Å². The predicted molar refractivity (Wildman–Crippen MR) is 344 cm³/mol. The predicted octanol–water partition coefficient (Wildman–Crippen LogP) is 21.7. The van der Waals surface area contributed by atoms with E-state index in [0.29, 0.717) is 17.4 Å². The third-order valence-electron chi connectivity index (χ3n) is 16.5. The lowest BCUT2D eigenvalue weighted by Gasteiger charge is -2.30. The number of carbonyl (C=O) groups excluding carboxylic acids is 2. The van der Waals surface area contributed by atoms with E-state index < -0.39 is 20.0 Å². The first-order chi connectivity index (χ1) is 38.9. The Morgan fingerprint density at radius 1 is 0.425 bits per heavy atom. The van der Waals surface area contributed by atoms with Crippen molar-refractivity contribution in [3.8, 4) is 0 Å². The minimum absolute atomic E-state index is 0.0165. The molecule has 0 heterocycles. The molecule has 0 radical (unpaired) electrons. The number of allylic oxidation sites excluding steroid dienone is 1. The van der Waals surface area contributed by atoms with E-state index >= 15 is 0 Å². The van der Waals surface area contributed by atoms with Gasteiger partial charge < -0.3 is 28.5 Å². The summed E-state index contributed by atoms with van der Waals surface area (Å²) in [5.74, 6) is -0.515. The first-order valence-corrected chi connectivity index (χ1v) is 37.0. The van der Waals surface area contributed by atoms with Gasteiger partial charge in [0.2, 0.25) is 5.91 Å². The zero-order chi connectivity index (χ0) is 58.6. The molecule has 476 valence electrons.